The lowest BCUT2D eigenvalue weighted by molar-refractivity contribution is 0.0128. The van der Waals surface area contributed by atoms with Gasteiger partial charge >= 0.3 is 6.09 Å². The first kappa shape index (κ1) is 41.3. The Labute approximate surface area is 306 Å². The average Bonchev–Trinajstić information content (AvgIpc) is 3.63. The van der Waals surface area contributed by atoms with E-state index in [1.165, 1.54) is 48.8 Å². The first-order valence-electron chi connectivity index (χ1n) is 17.8. The van der Waals surface area contributed by atoms with Gasteiger partial charge in [-0.15, -0.1) is 0 Å². The first-order valence-corrected chi connectivity index (χ1v) is 18.6. The third-order valence-corrected chi connectivity index (χ3v) is 10.1. The number of nitrogens with zero attached hydrogens (tertiary/aromatic N) is 2. The summed E-state index contributed by atoms with van der Waals surface area (Å²) in [5.74, 6) is 0. The molecule has 1 saturated carbocycles. The number of carbonyl (C=O) groups is 1. The van der Waals surface area contributed by atoms with E-state index in [9.17, 15) is 15.0 Å². The van der Waals surface area contributed by atoms with Gasteiger partial charge in [0.1, 0.15) is 5.60 Å². The fourth-order valence-corrected chi connectivity index (χ4v) is 7.33. The summed E-state index contributed by atoms with van der Waals surface area (Å²) in [5, 5.41) is 24.4. The molecule has 2 aromatic rings. The van der Waals surface area contributed by atoms with Gasteiger partial charge in [0.15, 0.2) is 0 Å². The monoisotopic (exact) mass is 717 g/mol. The second-order valence-corrected chi connectivity index (χ2v) is 15.8. The molecular formula is C40H61Cl2N3O4. The summed E-state index contributed by atoms with van der Waals surface area (Å²) in [5.41, 5.74) is 3.51. The molecule has 2 aromatic carbocycles. The van der Waals surface area contributed by atoms with E-state index in [1.54, 1.807) is 0 Å². The van der Waals surface area contributed by atoms with Crippen molar-refractivity contribution < 1.29 is 19.7 Å². The van der Waals surface area contributed by atoms with Crippen molar-refractivity contribution in [1.82, 2.24) is 15.1 Å². The number of benzene rings is 2. The van der Waals surface area contributed by atoms with Crippen LogP contribution in [0.15, 0.2) is 60.7 Å². The number of rotatable bonds is 5. The molecule has 4 atom stereocenters. The van der Waals surface area contributed by atoms with E-state index in [2.05, 4.69) is 28.9 Å². The summed E-state index contributed by atoms with van der Waals surface area (Å²) in [7, 11) is 0. The van der Waals surface area contributed by atoms with Gasteiger partial charge in [0.2, 0.25) is 0 Å². The number of β-amino-alcohol motifs (C(OH)–C–C–N with tert-alkyl or cyclic N) is 2. The van der Waals surface area contributed by atoms with Crippen LogP contribution in [0.25, 0.3) is 0 Å². The molecule has 49 heavy (non-hydrogen) atoms. The zero-order chi connectivity index (χ0) is 34.7. The molecule has 3 saturated heterocycles. The lowest BCUT2D eigenvalue weighted by Crippen LogP contribution is -2.49. The minimum atomic E-state index is -0.462. The summed E-state index contributed by atoms with van der Waals surface area (Å²) in [6.45, 7) is 12.4. The van der Waals surface area contributed by atoms with Crippen LogP contribution in [0, 0.1) is 0 Å². The van der Waals surface area contributed by atoms with E-state index in [4.69, 9.17) is 27.9 Å². The minimum Gasteiger partial charge on any atom is -0.444 e. The topological polar surface area (TPSA) is 85.3 Å². The van der Waals surface area contributed by atoms with Crippen molar-refractivity contribution in [2.45, 2.75) is 135 Å². The molecule has 0 unspecified atom stereocenters. The van der Waals surface area contributed by atoms with E-state index >= 15 is 0 Å². The molecule has 9 heteroatoms. The van der Waals surface area contributed by atoms with Crippen LogP contribution >= 0.6 is 23.2 Å². The number of aliphatic hydroxyl groups is 2. The molecule has 4 fully saturated rings. The summed E-state index contributed by atoms with van der Waals surface area (Å²) < 4.78 is 5.49. The Hall–Kier alpha value is -2.13. The number of carbonyl (C=O) groups excluding carboxylic acids is 1. The van der Waals surface area contributed by atoms with E-state index in [1.807, 2.05) is 62.1 Å². The fraction of sp³-hybridized carbons (Fsp3) is 0.625. The zero-order valence-corrected chi connectivity index (χ0v) is 30.7. The third kappa shape index (κ3) is 14.6. The van der Waals surface area contributed by atoms with Crippen molar-refractivity contribution in [3.63, 3.8) is 0 Å². The molecule has 6 rings (SSSR count). The molecule has 1 amide bonds. The fourth-order valence-electron chi connectivity index (χ4n) is 7.07. The maximum Gasteiger partial charge on any atom is 0.410 e. The van der Waals surface area contributed by atoms with Gasteiger partial charge in [-0.3, -0.25) is 4.90 Å². The van der Waals surface area contributed by atoms with Crippen LogP contribution in [0.3, 0.4) is 0 Å². The highest BCUT2D eigenvalue weighted by atomic mass is 35.5. The molecule has 3 N–H and O–H groups in total. The quantitative estimate of drug-likeness (QED) is 0.269. The largest absolute Gasteiger partial charge is 0.444 e. The number of hydrogen-bond acceptors (Lipinski definition) is 6. The van der Waals surface area contributed by atoms with E-state index < -0.39 is 5.60 Å². The van der Waals surface area contributed by atoms with Crippen LogP contribution in [0.2, 0.25) is 10.0 Å². The van der Waals surface area contributed by atoms with E-state index in [-0.39, 0.29) is 25.7 Å². The molecule has 4 aliphatic rings. The molecule has 274 valence electrons. The van der Waals surface area contributed by atoms with Gasteiger partial charge in [0.05, 0.1) is 12.2 Å². The number of aliphatic hydroxyl groups excluding tert-OH is 2. The van der Waals surface area contributed by atoms with Crippen LogP contribution in [0.1, 0.15) is 97.1 Å². The molecule has 0 aromatic heterocycles. The third-order valence-electron chi connectivity index (χ3n) is 9.56. The number of piperidine rings is 1. The number of likely N-dealkylation sites (tertiary alicyclic amines) is 2. The van der Waals surface area contributed by atoms with Crippen LogP contribution < -0.4 is 5.32 Å². The summed E-state index contributed by atoms with van der Waals surface area (Å²) >= 11 is 11.8. The Morgan fingerprint density at radius 2 is 1.43 bits per heavy atom. The van der Waals surface area contributed by atoms with Gasteiger partial charge in [-0.1, -0.05) is 73.5 Å². The number of amides is 1. The zero-order valence-electron chi connectivity index (χ0n) is 29.2. The van der Waals surface area contributed by atoms with Crippen LogP contribution in [-0.2, 0) is 17.6 Å². The summed E-state index contributed by atoms with van der Waals surface area (Å²) in [6, 6.07) is 17.0. The smallest absolute Gasteiger partial charge is 0.410 e. The number of ether oxygens (including phenoxy) is 1. The van der Waals surface area contributed by atoms with Crippen molar-refractivity contribution in [2.24, 2.45) is 0 Å². The van der Waals surface area contributed by atoms with Gasteiger partial charge < -0.3 is 25.2 Å². The van der Waals surface area contributed by atoms with Gasteiger partial charge in [-0.05, 0) is 120 Å². The molecular weight excluding hydrogens is 657 g/mol. The van der Waals surface area contributed by atoms with Crippen molar-refractivity contribution >= 4 is 29.3 Å². The van der Waals surface area contributed by atoms with Crippen LogP contribution in [-0.4, -0.2) is 88.2 Å². The minimum absolute atomic E-state index is 0. The second-order valence-electron chi connectivity index (χ2n) is 14.9. The number of allylic oxidation sites excluding steroid dienone is 1. The molecule has 0 spiro atoms. The van der Waals surface area contributed by atoms with E-state index in [0.29, 0.717) is 31.2 Å². The normalized spacial score (nSPS) is 24.6. The Morgan fingerprint density at radius 3 is 1.90 bits per heavy atom. The highest BCUT2D eigenvalue weighted by Crippen LogP contribution is 2.29. The average molecular weight is 719 g/mol. The number of nitrogens with one attached hydrogen (secondary N) is 1. The Morgan fingerprint density at radius 1 is 0.878 bits per heavy atom. The highest BCUT2D eigenvalue weighted by molar-refractivity contribution is 6.30. The number of halogens is 2. The molecule has 7 nitrogen and oxygen atoms in total. The van der Waals surface area contributed by atoms with Crippen molar-refractivity contribution in [3.05, 3.63) is 81.9 Å². The van der Waals surface area contributed by atoms with E-state index in [0.717, 1.165) is 61.7 Å². The Balaban J connectivity index is 0.000000244. The van der Waals surface area contributed by atoms with Crippen molar-refractivity contribution in [1.29, 1.82) is 0 Å². The van der Waals surface area contributed by atoms with Gasteiger partial charge in [0, 0.05) is 54.3 Å². The maximum atomic E-state index is 12.3. The Bertz CT molecular complexity index is 1270. The Kier molecular flexibility index (Phi) is 16.9. The van der Waals surface area contributed by atoms with Crippen LogP contribution in [0.4, 0.5) is 4.79 Å². The SMILES string of the molecule is C.C=C1CCCCC1.CC(C)(C)OC(=O)N1CCC(N2C[C@H](O)C[C@@H]2Cc2ccc(Cl)cc2)CC1.O[C@H]1CN[C@@H](Cc2ccc(Cl)cc2)C1. The molecule has 3 aliphatic heterocycles. The van der Waals surface area contributed by atoms with Gasteiger partial charge in [0.25, 0.3) is 0 Å². The lowest BCUT2D eigenvalue weighted by Gasteiger charge is -2.39. The molecule has 0 radical (unpaired) electrons. The van der Waals surface area contributed by atoms with Gasteiger partial charge in [-0.2, -0.15) is 0 Å². The standard InChI is InChI=1S/C21H31ClN2O3.C11H14ClNO.C7H12.CH4/c1-21(2,3)27-20(26)23-10-8-17(9-11-23)24-14-19(25)13-18(24)12-15-4-6-16(22)7-5-15;12-9-3-1-8(2-4-9)5-10-6-11(14)7-13-10;1-7-5-3-2-4-6-7;/h4-7,17-19,25H,8-14H2,1-3H3;1-4,10-11,13-14H,5-7H2;1-6H2;1H4/t18-,19+;10-,11+;;/m00../s1. The van der Waals surface area contributed by atoms with Gasteiger partial charge in [-0.25, -0.2) is 4.79 Å². The molecule has 0 bridgehead atoms. The van der Waals surface area contributed by atoms with Crippen molar-refractivity contribution in [2.75, 3.05) is 26.2 Å². The second kappa shape index (κ2) is 20.0. The maximum absolute atomic E-state index is 12.3. The number of hydrogen-bond donors (Lipinski definition) is 3. The van der Waals surface area contributed by atoms with Crippen molar-refractivity contribution in [3.8, 4) is 0 Å². The predicted octanol–water partition coefficient (Wildman–Crippen LogP) is 8.47. The molecule has 1 aliphatic carbocycles. The molecule has 3 heterocycles. The first-order chi connectivity index (χ1) is 22.8. The predicted molar refractivity (Wildman–Crippen MR) is 204 cm³/mol. The highest BCUT2D eigenvalue weighted by Gasteiger charge is 2.38. The lowest BCUT2D eigenvalue weighted by atomic mass is 9.97. The van der Waals surface area contributed by atoms with Crippen LogP contribution in [0.5, 0.6) is 0 Å². The summed E-state index contributed by atoms with van der Waals surface area (Å²) in [6.07, 6.45) is 11.5. The summed E-state index contributed by atoms with van der Waals surface area (Å²) in [4.78, 5) is 16.5.